The average Bonchev–Trinajstić information content (AvgIpc) is 3.07. The number of halogens is 1. The number of piperazine rings is 1. The van der Waals surface area contributed by atoms with E-state index in [-0.39, 0.29) is 36.8 Å². The summed E-state index contributed by atoms with van der Waals surface area (Å²) in [6.45, 7) is 3.19. The SMILES string of the molecule is Cc1ccc2c(c1)C[C@@H](C(=O)N1CCN(Cc3ccccc3F)C(=O)C1)N2. The van der Waals surface area contributed by atoms with Crippen LogP contribution in [0.15, 0.2) is 42.5 Å². The molecule has 0 saturated carbocycles. The van der Waals surface area contributed by atoms with Crippen molar-refractivity contribution >= 4 is 17.5 Å². The molecule has 5 nitrogen and oxygen atoms in total. The molecule has 0 radical (unpaired) electrons. The lowest BCUT2D eigenvalue weighted by atomic mass is 10.1. The van der Waals surface area contributed by atoms with Gasteiger partial charge in [-0.3, -0.25) is 9.59 Å². The predicted molar refractivity (Wildman–Crippen MR) is 101 cm³/mol. The molecule has 27 heavy (non-hydrogen) atoms. The first-order valence-corrected chi connectivity index (χ1v) is 9.17. The van der Waals surface area contributed by atoms with E-state index in [0.29, 0.717) is 25.1 Å². The van der Waals surface area contributed by atoms with Crippen LogP contribution in [0.3, 0.4) is 0 Å². The number of amides is 2. The Morgan fingerprint density at radius 2 is 2.04 bits per heavy atom. The van der Waals surface area contributed by atoms with E-state index in [1.54, 1.807) is 28.0 Å². The van der Waals surface area contributed by atoms with Gasteiger partial charge in [-0.1, -0.05) is 35.9 Å². The van der Waals surface area contributed by atoms with Gasteiger partial charge in [0.25, 0.3) is 0 Å². The van der Waals surface area contributed by atoms with Gasteiger partial charge in [-0.05, 0) is 24.6 Å². The molecule has 2 amide bonds. The summed E-state index contributed by atoms with van der Waals surface area (Å²) in [6.07, 6.45) is 0.638. The first kappa shape index (κ1) is 17.5. The lowest BCUT2D eigenvalue weighted by molar-refractivity contribution is -0.146. The van der Waals surface area contributed by atoms with Gasteiger partial charge in [0.15, 0.2) is 0 Å². The van der Waals surface area contributed by atoms with Crippen molar-refractivity contribution in [3.8, 4) is 0 Å². The summed E-state index contributed by atoms with van der Waals surface area (Å²) in [7, 11) is 0. The maximum atomic E-state index is 13.8. The number of rotatable bonds is 3. The largest absolute Gasteiger partial charge is 0.373 e. The molecule has 2 heterocycles. The Labute approximate surface area is 157 Å². The van der Waals surface area contributed by atoms with Crippen molar-refractivity contribution in [3.63, 3.8) is 0 Å². The monoisotopic (exact) mass is 367 g/mol. The van der Waals surface area contributed by atoms with Gasteiger partial charge in [-0.25, -0.2) is 4.39 Å². The molecule has 1 N–H and O–H groups in total. The molecule has 1 atom stereocenters. The van der Waals surface area contributed by atoms with E-state index in [9.17, 15) is 14.0 Å². The fourth-order valence-electron chi connectivity index (χ4n) is 3.76. The van der Waals surface area contributed by atoms with Gasteiger partial charge in [0.1, 0.15) is 11.9 Å². The Kier molecular flexibility index (Phi) is 4.56. The van der Waals surface area contributed by atoms with Crippen LogP contribution in [0.4, 0.5) is 10.1 Å². The second kappa shape index (κ2) is 7.02. The molecule has 4 rings (SSSR count). The van der Waals surface area contributed by atoms with E-state index in [4.69, 9.17) is 0 Å². The van der Waals surface area contributed by atoms with Crippen LogP contribution in [0.5, 0.6) is 0 Å². The smallest absolute Gasteiger partial charge is 0.245 e. The van der Waals surface area contributed by atoms with Crippen LogP contribution in [0.25, 0.3) is 0 Å². The molecule has 0 bridgehead atoms. The first-order valence-electron chi connectivity index (χ1n) is 9.17. The van der Waals surface area contributed by atoms with Crippen LogP contribution in [0.2, 0.25) is 0 Å². The van der Waals surface area contributed by atoms with E-state index in [0.717, 1.165) is 11.3 Å². The predicted octanol–water partition coefficient (Wildman–Crippen LogP) is 2.34. The van der Waals surface area contributed by atoms with Crippen LogP contribution in [0.1, 0.15) is 16.7 Å². The number of carbonyl (C=O) groups excluding carboxylic acids is 2. The Balaban J connectivity index is 1.38. The van der Waals surface area contributed by atoms with Crippen LogP contribution in [-0.2, 0) is 22.6 Å². The summed E-state index contributed by atoms with van der Waals surface area (Å²) in [4.78, 5) is 28.6. The molecule has 2 aliphatic heterocycles. The quantitative estimate of drug-likeness (QED) is 0.906. The lowest BCUT2D eigenvalue weighted by Gasteiger charge is -2.35. The topological polar surface area (TPSA) is 52.7 Å². The Morgan fingerprint density at radius 3 is 2.81 bits per heavy atom. The zero-order valence-electron chi connectivity index (χ0n) is 15.2. The molecular formula is C21H22FN3O2. The van der Waals surface area contributed by atoms with Crippen molar-refractivity contribution < 1.29 is 14.0 Å². The van der Waals surface area contributed by atoms with Gasteiger partial charge in [-0.15, -0.1) is 0 Å². The molecule has 1 fully saturated rings. The van der Waals surface area contributed by atoms with Crippen LogP contribution in [0, 0.1) is 12.7 Å². The highest BCUT2D eigenvalue weighted by atomic mass is 19.1. The highest BCUT2D eigenvalue weighted by Gasteiger charge is 2.34. The van der Waals surface area contributed by atoms with Gasteiger partial charge in [0.05, 0.1) is 6.54 Å². The minimum atomic E-state index is -0.326. The van der Waals surface area contributed by atoms with Crippen LogP contribution >= 0.6 is 0 Å². The van der Waals surface area contributed by atoms with E-state index in [2.05, 4.69) is 11.4 Å². The first-order chi connectivity index (χ1) is 13.0. The minimum Gasteiger partial charge on any atom is -0.373 e. The summed E-state index contributed by atoms with van der Waals surface area (Å²) in [5.41, 5.74) is 3.79. The molecule has 0 aliphatic carbocycles. The van der Waals surface area contributed by atoms with E-state index < -0.39 is 0 Å². The molecule has 0 spiro atoms. The fraction of sp³-hybridized carbons (Fsp3) is 0.333. The Morgan fingerprint density at radius 1 is 1.22 bits per heavy atom. The van der Waals surface area contributed by atoms with Crippen molar-refractivity contribution in [2.24, 2.45) is 0 Å². The van der Waals surface area contributed by atoms with Gasteiger partial charge >= 0.3 is 0 Å². The third-order valence-electron chi connectivity index (χ3n) is 5.26. The number of carbonyl (C=O) groups is 2. The van der Waals surface area contributed by atoms with E-state index in [1.165, 1.54) is 11.6 Å². The minimum absolute atomic E-state index is 0.0425. The van der Waals surface area contributed by atoms with Gasteiger partial charge in [0.2, 0.25) is 11.8 Å². The third-order valence-corrected chi connectivity index (χ3v) is 5.26. The highest BCUT2D eigenvalue weighted by molar-refractivity contribution is 5.91. The zero-order valence-corrected chi connectivity index (χ0v) is 15.2. The van der Waals surface area contributed by atoms with Gasteiger partial charge < -0.3 is 15.1 Å². The van der Waals surface area contributed by atoms with E-state index >= 15 is 0 Å². The van der Waals surface area contributed by atoms with Crippen molar-refractivity contribution in [2.45, 2.75) is 25.9 Å². The molecule has 0 aromatic heterocycles. The molecule has 1 saturated heterocycles. The van der Waals surface area contributed by atoms with Crippen LogP contribution in [-0.4, -0.2) is 47.3 Å². The van der Waals surface area contributed by atoms with Crippen LogP contribution < -0.4 is 5.32 Å². The number of benzene rings is 2. The molecule has 2 aliphatic rings. The number of nitrogens with one attached hydrogen (secondary N) is 1. The summed E-state index contributed by atoms with van der Waals surface area (Å²) < 4.78 is 13.8. The molecule has 0 unspecified atom stereocenters. The molecule has 2 aromatic carbocycles. The standard InChI is InChI=1S/C21H22FN3O2/c1-14-6-7-18-16(10-14)11-19(23-18)21(27)25-9-8-24(20(26)13-25)12-15-4-2-3-5-17(15)22/h2-7,10,19,23H,8-9,11-13H2,1H3/t19-/m0/s1. The molecule has 140 valence electrons. The fourth-order valence-corrected chi connectivity index (χ4v) is 3.76. The molecule has 2 aromatic rings. The van der Waals surface area contributed by atoms with Crippen molar-refractivity contribution in [1.82, 2.24) is 9.80 Å². The second-order valence-electron chi connectivity index (χ2n) is 7.23. The Bertz CT molecular complexity index is 899. The number of hydrogen-bond acceptors (Lipinski definition) is 3. The zero-order chi connectivity index (χ0) is 19.0. The average molecular weight is 367 g/mol. The summed E-state index contributed by atoms with van der Waals surface area (Å²) >= 11 is 0. The Hall–Kier alpha value is -2.89. The maximum absolute atomic E-state index is 13.8. The maximum Gasteiger partial charge on any atom is 0.245 e. The normalized spacial score (nSPS) is 19.0. The van der Waals surface area contributed by atoms with Gasteiger partial charge in [-0.2, -0.15) is 0 Å². The summed E-state index contributed by atoms with van der Waals surface area (Å²) in [5, 5.41) is 3.27. The number of fused-ring (bicyclic) bond motifs is 1. The number of nitrogens with zero attached hydrogens (tertiary/aromatic N) is 2. The molecular weight excluding hydrogens is 345 g/mol. The third kappa shape index (κ3) is 3.52. The number of anilines is 1. The summed E-state index contributed by atoms with van der Waals surface area (Å²) in [6, 6.07) is 12.2. The van der Waals surface area contributed by atoms with Crippen molar-refractivity contribution in [2.75, 3.05) is 25.0 Å². The number of hydrogen-bond donors (Lipinski definition) is 1. The van der Waals surface area contributed by atoms with Gasteiger partial charge in [0, 0.05) is 37.3 Å². The second-order valence-corrected chi connectivity index (χ2v) is 7.23. The molecule has 6 heteroatoms. The highest BCUT2D eigenvalue weighted by Crippen LogP contribution is 2.27. The number of aryl methyl sites for hydroxylation is 1. The lowest BCUT2D eigenvalue weighted by Crippen LogP contribution is -2.54. The van der Waals surface area contributed by atoms with E-state index in [1.807, 2.05) is 19.1 Å². The summed E-state index contributed by atoms with van der Waals surface area (Å²) in [5.74, 6) is -0.515. The van der Waals surface area contributed by atoms with Crippen molar-refractivity contribution in [3.05, 3.63) is 65.0 Å². The van der Waals surface area contributed by atoms with Crippen molar-refractivity contribution in [1.29, 1.82) is 0 Å².